The van der Waals surface area contributed by atoms with E-state index in [-0.39, 0.29) is 0 Å². The van der Waals surface area contributed by atoms with Crippen LogP contribution in [0.1, 0.15) is 11.1 Å². The smallest absolute Gasteiger partial charge is 0.151 e. The Morgan fingerprint density at radius 1 is 0.591 bits per heavy atom. The van der Waals surface area contributed by atoms with Crippen molar-refractivity contribution in [3.05, 3.63) is 84.2 Å². The van der Waals surface area contributed by atoms with Gasteiger partial charge in [0.1, 0.15) is 0 Å². The molecule has 4 nitrogen and oxygen atoms in total. The second kappa shape index (κ2) is 7.04. The minimum atomic E-state index is 0.697. The maximum atomic E-state index is 4.32. The van der Waals surface area contributed by atoms with Crippen LogP contribution >= 0.6 is 0 Å². The molecule has 0 aliphatic carbocycles. The monoisotopic (exact) mass is 286 g/mol. The molecule has 106 valence electrons. The molecule has 0 amide bonds. The van der Waals surface area contributed by atoms with E-state index in [0.717, 1.165) is 11.1 Å². The summed E-state index contributed by atoms with van der Waals surface area (Å²) in [7, 11) is 0. The molecule has 0 spiro atoms. The first-order valence-electron chi connectivity index (χ1n) is 6.90. The minimum absolute atomic E-state index is 0.697. The van der Waals surface area contributed by atoms with E-state index in [1.165, 1.54) is 0 Å². The van der Waals surface area contributed by atoms with E-state index in [2.05, 4.69) is 20.0 Å². The highest BCUT2D eigenvalue weighted by Crippen LogP contribution is 2.08. The maximum absolute atomic E-state index is 4.32. The summed E-state index contributed by atoms with van der Waals surface area (Å²) in [5, 5.41) is 0. The van der Waals surface area contributed by atoms with E-state index >= 15 is 0 Å². The van der Waals surface area contributed by atoms with Crippen molar-refractivity contribution in [2.75, 3.05) is 0 Å². The van der Waals surface area contributed by atoms with Gasteiger partial charge in [0.15, 0.2) is 11.6 Å². The molecule has 0 unspecified atom stereocenters. The van der Waals surface area contributed by atoms with Crippen LogP contribution in [0.4, 0.5) is 11.6 Å². The number of hydrogen-bond donors (Lipinski definition) is 0. The van der Waals surface area contributed by atoms with Crippen molar-refractivity contribution in [1.82, 2.24) is 9.97 Å². The fraction of sp³-hybridized carbons (Fsp3) is 0. The molecular formula is C18H14N4. The van der Waals surface area contributed by atoms with Crippen molar-refractivity contribution < 1.29 is 0 Å². The SMILES string of the molecule is C(=N/c1ccccn1)/c1ccc(/C=N\c2ccccn2)cc1. The van der Waals surface area contributed by atoms with Gasteiger partial charge >= 0.3 is 0 Å². The Morgan fingerprint density at radius 3 is 1.41 bits per heavy atom. The summed E-state index contributed by atoms with van der Waals surface area (Å²) >= 11 is 0. The second-order valence-corrected chi connectivity index (χ2v) is 4.56. The van der Waals surface area contributed by atoms with Crippen molar-refractivity contribution in [3.8, 4) is 0 Å². The Hall–Kier alpha value is -3.14. The molecular weight excluding hydrogens is 272 g/mol. The van der Waals surface area contributed by atoms with E-state index < -0.39 is 0 Å². The molecule has 22 heavy (non-hydrogen) atoms. The summed E-state index contributed by atoms with van der Waals surface area (Å²) in [4.78, 5) is 16.9. The molecule has 0 aliphatic heterocycles. The van der Waals surface area contributed by atoms with Gasteiger partial charge in [0.25, 0.3) is 0 Å². The van der Waals surface area contributed by atoms with E-state index in [1.54, 1.807) is 24.8 Å². The van der Waals surface area contributed by atoms with Crippen LogP contribution in [-0.4, -0.2) is 22.4 Å². The number of aliphatic imine (C=N–C) groups is 2. The largest absolute Gasteiger partial charge is 0.237 e. The van der Waals surface area contributed by atoms with Crippen LogP contribution in [0.5, 0.6) is 0 Å². The van der Waals surface area contributed by atoms with Crippen LogP contribution in [0.3, 0.4) is 0 Å². The number of benzene rings is 1. The Morgan fingerprint density at radius 2 is 1.05 bits per heavy atom. The molecule has 0 fully saturated rings. The van der Waals surface area contributed by atoms with Crippen molar-refractivity contribution in [2.45, 2.75) is 0 Å². The highest BCUT2D eigenvalue weighted by atomic mass is 14.9. The lowest BCUT2D eigenvalue weighted by atomic mass is 10.1. The summed E-state index contributed by atoms with van der Waals surface area (Å²) in [6.45, 7) is 0. The van der Waals surface area contributed by atoms with Gasteiger partial charge in [0.2, 0.25) is 0 Å². The lowest BCUT2D eigenvalue weighted by molar-refractivity contribution is 1.28. The molecule has 2 heterocycles. The average Bonchev–Trinajstić information content (AvgIpc) is 2.61. The van der Waals surface area contributed by atoms with Crippen LogP contribution < -0.4 is 0 Å². The van der Waals surface area contributed by atoms with Crippen LogP contribution in [0.25, 0.3) is 0 Å². The zero-order valence-corrected chi connectivity index (χ0v) is 11.9. The summed E-state index contributed by atoms with van der Waals surface area (Å²) in [6.07, 6.45) is 7.04. The van der Waals surface area contributed by atoms with Gasteiger partial charge in [-0.05, 0) is 35.4 Å². The van der Waals surface area contributed by atoms with Crippen molar-refractivity contribution in [2.24, 2.45) is 9.98 Å². The van der Waals surface area contributed by atoms with Crippen molar-refractivity contribution >= 4 is 24.1 Å². The first-order valence-corrected chi connectivity index (χ1v) is 6.90. The zero-order chi connectivity index (χ0) is 15.0. The highest BCUT2D eigenvalue weighted by molar-refractivity contribution is 5.85. The molecule has 2 aromatic heterocycles. The predicted molar refractivity (Wildman–Crippen MR) is 89.4 cm³/mol. The van der Waals surface area contributed by atoms with Crippen molar-refractivity contribution in [3.63, 3.8) is 0 Å². The first-order chi connectivity index (χ1) is 10.9. The van der Waals surface area contributed by atoms with E-state index in [9.17, 15) is 0 Å². The van der Waals surface area contributed by atoms with Gasteiger partial charge in [-0.1, -0.05) is 36.4 Å². The molecule has 0 radical (unpaired) electrons. The number of rotatable bonds is 4. The lowest BCUT2D eigenvalue weighted by Crippen LogP contribution is -1.85. The quantitative estimate of drug-likeness (QED) is 0.681. The molecule has 0 saturated heterocycles. The maximum Gasteiger partial charge on any atom is 0.151 e. The molecule has 0 bridgehead atoms. The van der Waals surface area contributed by atoms with E-state index in [4.69, 9.17) is 0 Å². The molecule has 3 rings (SSSR count). The fourth-order valence-corrected chi connectivity index (χ4v) is 1.81. The first kappa shape index (κ1) is 13.8. The third kappa shape index (κ3) is 3.93. The number of hydrogen-bond acceptors (Lipinski definition) is 4. The van der Waals surface area contributed by atoms with Gasteiger partial charge in [-0.2, -0.15) is 0 Å². The van der Waals surface area contributed by atoms with Crippen LogP contribution in [0.2, 0.25) is 0 Å². The third-order valence-electron chi connectivity index (χ3n) is 2.93. The van der Waals surface area contributed by atoms with Gasteiger partial charge < -0.3 is 0 Å². The third-order valence-corrected chi connectivity index (χ3v) is 2.93. The standard InChI is InChI=1S/C18H14N4/c1-3-11-19-17(5-1)21-13-15-7-9-16(10-8-15)14-22-18-6-2-4-12-20-18/h1-14H/b21-13-,22-14-. The van der Waals surface area contributed by atoms with Crippen LogP contribution in [0, 0.1) is 0 Å². The topological polar surface area (TPSA) is 50.5 Å². The second-order valence-electron chi connectivity index (χ2n) is 4.56. The molecule has 0 saturated carbocycles. The zero-order valence-electron chi connectivity index (χ0n) is 11.9. The molecule has 0 atom stereocenters. The Balaban J connectivity index is 1.68. The van der Waals surface area contributed by atoms with Crippen molar-refractivity contribution in [1.29, 1.82) is 0 Å². The number of pyridine rings is 2. The van der Waals surface area contributed by atoms with Gasteiger partial charge in [0.05, 0.1) is 0 Å². The van der Waals surface area contributed by atoms with E-state index in [1.807, 2.05) is 60.7 Å². The van der Waals surface area contributed by atoms with Gasteiger partial charge in [0, 0.05) is 24.8 Å². The average molecular weight is 286 g/mol. The number of aromatic nitrogens is 2. The summed E-state index contributed by atoms with van der Waals surface area (Å²) < 4.78 is 0. The Kier molecular flexibility index (Phi) is 4.42. The van der Waals surface area contributed by atoms with Crippen LogP contribution in [0.15, 0.2) is 83.0 Å². The fourth-order valence-electron chi connectivity index (χ4n) is 1.81. The normalized spacial score (nSPS) is 11.3. The van der Waals surface area contributed by atoms with Gasteiger partial charge in [-0.3, -0.25) is 0 Å². The summed E-state index contributed by atoms with van der Waals surface area (Å²) in [6, 6.07) is 19.3. The van der Waals surface area contributed by atoms with Crippen LogP contribution in [-0.2, 0) is 0 Å². The van der Waals surface area contributed by atoms with Gasteiger partial charge in [-0.25, -0.2) is 20.0 Å². The van der Waals surface area contributed by atoms with Gasteiger partial charge in [-0.15, -0.1) is 0 Å². The minimum Gasteiger partial charge on any atom is -0.237 e. The summed E-state index contributed by atoms with van der Waals surface area (Å²) in [5.41, 5.74) is 2.03. The molecule has 0 aliphatic rings. The molecule has 1 aromatic carbocycles. The highest BCUT2D eigenvalue weighted by Gasteiger charge is 1.92. The summed E-state index contributed by atoms with van der Waals surface area (Å²) in [5.74, 6) is 1.39. The lowest BCUT2D eigenvalue weighted by Gasteiger charge is -1.96. The predicted octanol–water partition coefficient (Wildman–Crippen LogP) is 3.98. The Labute approximate surface area is 129 Å². The molecule has 4 heteroatoms. The molecule has 3 aromatic rings. The Bertz CT molecular complexity index is 695. The van der Waals surface area contributed by atoms with E-state index in [0.29, 0.717) is 11.6 Å². The molecule has 0 N–H and O–H groups in total. The number of nitrogens with zero attached hydrogens (tertiary/aromatic N) is 4.